The number of hydrogen-bond donors (Lipinski definition) is 1. The van der Waals surface area contributed by atoms with Gasteiger partial charge in [-0.2, -0.15) is 0 Å². The van der Waals surface area contributed by atoms with Crippen molar-refractivity contribution in [3.8, 4) is 0 Å². The molecule has 0 amide bonds. The van der Waals surface area contributed by atoms with Crippen molar-refractivity contribution in [3.05, 3.63) is 12.2 Å². The van der Waals surface area contributed by atoms with Crippen LogP contribution in [0.3, 0.4) is 0 Å². The summed E-state index contributed by atoms with van der Waals surface area (Å²) >= 11 is 0. The molecule has 0 radical (unpaired) electrons. The number of carboxylic acid groups (broad SMARTS) is 1. The molecule has 90 valence electrons. The first-order valence-electron chi connectivity index (χ1n) is 6.64. The van der Waals surface area contributed by atoms with Crippen molar-refractivity contribution < 1.29 is 9.90 Å². The summed E-state index contributed by atoms with van der Waals surface area (Å²) in [5.74, 6) is -0.138. The van der Waals surface area contributed by atoms with Gasteiger partial charge in [0.05, 0.1) is 5.41 Å². The molecule has 16 heavy (non-hydrogen) atoms. The Morgan fingerprint density at radius 3 is 2.31 bits per heavy atom. The summed E-state index contributed by atoms with van der Waals surface area (Å²) in [4.78, 5) is 11.7. The third-order valence-corrected chi connectivity index (χ3v) is 4.47. The standard InChI is InChI=1S/C14H22O2/c15-13(16)14(10-6-3-7-11-14)12-8-4-1-2-5-9-12/h3,6,12H,1-2,4-5,7-11H2,(H,15,16). The molecule has 2 nitrogen and oxygen atoms in total. The van der Waals surface area contributed by atoms with Crippen molar-refractivity contribution in [1.82, 2.24) is 0 Å². The zero-order valence-corrected chi connectivity index (χ0v) is 9.95. The quantitative estimate of drug-likeness (QED) is 0.570. The molecular formula is C14H22O2. The number of rotatable bonds is 2. The largest absolute Gasteiger partial charge is 0.481 e. The predicted octanol–water partition coefficient (Wildman–Crippen LogP) is 3.77. The molecule has 0 aromatic carbocycles. The molecule has 1 unspecified atom stereocenters. The molecule has 0 spiro atoms. The number of allylic oxidation sites excluding steroid dienone is 2. The van der Waals surface area contributed by atoms with Gasteiger partial charge >= 0.3 is 5.97 Å². The Balaban J connectivity index is 2.16. The molecule has 0 aromatic rings. The Labute approximate surface area is 97.7 Å². The maximum absolute atomic E-state index is 11.7. The average Bonchev–Trinajstić information content (AvgIpc) is 2.58. The third-order valence-electron chi connectivity index (χ3n) is 4.47. The van der Waals surface area contributed by atoms with Crippen LogP contribution in [0.1, 0.15) is 57.8 Å². The second-order valence-corrected chi connectivity index (χ2v) is 5.36. The van der Waals surface area contributed by atoms with Crippen molar-refractivity contribution in [2.75, 3.05) is 0 Å². The van der Waals surface area contributed by atoms with Gasteiger partial charge in [0, 0.05) is 0 Å². The number of aliphatic carboxylic acids is 1. The van der Waals surface area contributed by atoms with E-state index in [4.69, 9.17) is 0 Å². The molecule has 1 saturated carbocycles. The van der Waals surface area contributed by atoms with Crippen LogP contribution in [0.25, 0.3) is 0 Å². The minimum absolute atomic E-state index is 0.414. The first-order valence-corrected chi connectivity index (χ1v) is 6.64. The van der Waals surface area contributed by atoms with Crippen LogP contribution in [0, 0.1) is 11.3 Å². The highest BCUT2D eigenvalue weighted by molar-refractivity contribution is 5.75. The molecule has 2 aliphatic carbocycles. The van der Waals surface area contributed by atoms with E-state index in [0.717, 1.165) is 32.1 Å². The van der Waals surface area contributed by atoms with Crippen LogP contribution in [0.5, 0.6) is 0 Å². The zero-order valence-electron chi connectivity index (χ0n) is 9.95. The topological polar surface area (TPSA) is 37.3 Å². The van der Waals surface area contributed by atoms with Crippen molar-refractivity contribution in [2.24, 2.45) is 11.3 Å². The summed E-state index contributed by atoms with van der Waals surface area (Å²) in [5, 5.41) is 9.60. The molecule has 2 heteroatoms. The maximum atomic E-state index is 11.7. The molecule has 0 aromatic heterocycles. The summed E-state index contributed by atoms with van der Waals surface area (Å²) in [6.45, 7) is 0. The van der Waals surface area contributed by atoms with E-state index in [-0.39, 0.29) is 0 Å². The van der Waals surface area contributed by atoms with E-state index in [0.29, 0.717) is 5.92 Å². The van der Waals surface area contributed by atoms with E-state index in [2.05, 4.69) is 12.2 Å². The summed E-state index contributed by atoms with van der Waals surface area (Å²) in [6, 6.07) is 0. The molecule has 0 heterocycles. The predicted molar refractivity (Wildman–Crippen MR) is 64.3 cm³/mol. The van der Waals surface area contributed by atoms with Crippen LogP contribution in [-0.2, 0) is 4.79 Å². The molecule has 2 aliphatic rings. The van der Waals surface area contributed by atoms with Gasteiger partial charge in [0.15, 0.2) is 0 Å². The summed E-state index contributed by atoms with van der Waals surface area (Å²) in [6.07, 6.45) is 14.1. The highest BCUT2D eigenvalue weighted by atomic mass is 16.4. The van der Waals surface area contributed by atoms with Crippen molar-refractivity contribution in [1.29, 1.82) is 0 Å². The molecule has 1 N–H and O–H groups in total. The van der Waals surface area contributed by atoms with Crippen molar-refractivity contribution in [2.45, 2.75) is 57.8 Å². The van der Waals surface area contributed by atoms with Crippen LogP contribution in [-0.4, -0.2) is 11.1 Å². The van der Waals surface area contributed by atoms with Gasteiger partial charge in [-0.1, -0.05) is 37.8 Å². The third kappa shape index (κ3) is 2.16. The minimum atomic E-state index is -0.552. The summed E-state index contributed by atoms with van der Waals surface area (Å²) < 4.78 is 0. The van der Waals surface area contributed by atoms with Crippen LogP contribution in [0.4, 0.5) is 0 Å². The van der Waals surface area contributed by atoms with Crippen molar-refractivity contribution >= 4 is 5.97 Å². The number of carboxylic acids is 1. The zero-order chi connectivity index (χ0) is 11.4. The second-order valence-electron chi connectivity index (χ2n) is 5.36. The van der Waals surface area contributed by atoms with E-state index in [1.165, 1.54) is 25.7 Å². The Kier molecular flexibility index (Phi) is 3.67. The normalized spacial score (nSPS) is 32.2. The average molecular weight is 222 g/mol. The number of carbonyl (C=O) groups is 1. The molecule has 1 atom stereocenters. The van der Waals surface area contributed by atoms with Gasteiger partial charge in [-0.15, -0.1) is 0 Å². The molecule has 0 aliphatic heterocycles. The van der Waals surface area contributed by atoms with E-state index in [1.54, 1.807) is 0 Å². The van der Waals surface area contributed by atoms with E-state index in [1.807, 2.05) is 0 Å². The van der Waals surface area contributed by atoms with Crippen LogP contribution >= 0.6 is 0 Å². The van der Waals surface area contributed by atoms with Crippen LogP contribution < -0.4 is 0 Å². The van der Waals surface area contributed by atoms with Gasteiger partial charge in [-0.05, 0) is 38.0 Å². The lowest BCUT2D eigenvalue weighted by Gasteiger charge is -2.38. The Bertz CT molecular complexity index is 274. The van der Waals surface area contributed by atoms with E-state index < -0.39 is 11.4 Å². The molecular weight excluding hydrogens is 200 g/mol. The fourth-order valence-electron chi connectivity index (χ4n) is 3.43. The van der Waals surface area contributed by atoms with E-state index in [9.17, 15) is 9.90 Å². The number of hydrogen-bond acceptors (Lipinski definition) is 1. The summed E-state index contributed by atoms with van der Waals surface area (Å²) in [5.41, 5.74) is -0.431. The first kappa shape index (κ1) is 11.7. The second kappa shape index (κ2) is 5.03. The smallest absolute Gasteiger partial charge is 0.310 e. The maximum Gasteiger partial charge on any atom is 0.310 e. The highest BCUT2D eigenvalue weighted by Crippen LogP contribution is 2.46. The minimum Gasteiger partial charge on any atom is -0.481 e. The highest BCUT2D eigenvalue weighted by Gasteiger charge is 2.44. The first-order chi connectivity index (χ1) is 7.76. The van der Waals surface area contributed by atoms with Crippen LogP contribution in [0.2, 0.25) is 0 Å². The SMILES string of the molecule is O=C(O)C1(C2CCCCCC2)CC=CCC1. The van der Waals surface area contributed by atoms with Gasteiger partial charge in [-0.25, -0.2) is 0 Å². The lowest BCUT2D eigenvalue weighted by atomic mass is 9.65. The van der Waals surface area contributed by atoms with Crippen LogP contribution in [0.15, 0.2) is 12.2 Å². The monoisotopic (exact) mass is 222 g/mol. The van der Waals surface area contributed by atoms with Gasteiger partial charge in [0.2, 0.25) is 0 Å². The molecule has 0 bridgehead atoms. The fraction of sp³-hybridized carbons (Fsp3) is 0.786. The molecule has 2 rings (SSSR count). The lowest BCUT2D eigenvalue weighted by Crippen LogP contribution is -2.39. The Morgan fingerprint density at radius 1 is 1.12 bits per heavy atom. The van der Waals surface area contributed by atoms with Gasteiger partial charge < -0.3 is 5.11 Å². The fourth-order valence-corrected chi connectivity index (χ4v) is 3.43. The lowest BCUT2D eigenvalue weighted by molar-refractivity contribution is -0.154. The Morgan fingerprint density at radius 2 is 1.81 bits per heavy atom. The molecule has 0 saturated heterocycles. The van der Waals surface area contributed by atoms with E-state index >= 15 is 0 Å². The summed E-state index contributed by atoms with van der Waals surface area (Å²) in [7, 11) is 0. The van der Waals surface area contributed by atoms with Gasteiger partial charge in [0.1, 0.15) is 0 Å². The Hall–Kier alpha value is -0.790. The van der Waals surface area contributed by atoms with Crippen molar-refractivity contribution in [3.63, 3.8) is 0 Å². The van der Waals surface area contributed by atoms with Gasteiger partial charge in [-0.3, -0.25) is 4.79 Å². The molecule has 1 fully saturated rings. The van der Waals surface area contributed by atoms with Gasteiger partial charge in [0.25, 0.3) is 0 Å².